The SMILES string of the molecule is C#C/C=C(C)\C(C(=O)NC(C)C)=C(\O)CC1C=C(C)CCC1C(=C)C. The largest absolute Gasteiger partial charge is 0.511 e. The highest BCUT2D eigenvalue weighted by Crippen LogP contribution is 2.37. The van der Waals surface area contributed by atoms with Crippen LogP contribution in [0.15, 0.2) is 46.8 Å². The summed E-state index contributed by atoms with van der Waals surface area (Å²) >= 11 is 0. The van der Waals surface area contributed by atoms with E-state index in [1.54, 1.807) is 6.92 Å². The Labute approximate surface area is 152 Å². The van der Waals surface area contributed by atoms with Crippen LogP contribution in [0, 0.1) is 24.2 Å². The van der Waals surface area contributed by atoms with Crippen LogP contribution in [0.4, 0.5) is 0 Å². The molecule has 1 aliphatic carbocycles. The molecule has 0 aromatic heterocycles. The molecule has 1 rings (SSSR count). The molecule has 0 aromatic carbocycles. The van der Waals surface area contributed by atoms with Gasteiger partial charge in [0.1, 0.15) is 5.76 Å². The molecule has 1 aliphatic rings. The summed E-state index contributed by atoms with van der Waals surface area (Å²) < 4.78 is 0. The fourth-order valence-corrected chi connectivity index (χ4v) is 3.37. The molecule has 136 valence electrons. The number of carbonyl (C=O) groups excluding carboxylic acids is 1. The van der Waals surface area contributed by atoms with E-state index in [0.29, 0.717) is 17.9 Å². The van der Waals surface area contributed by atoms with E-state index >= 15 is 0 Å². The van der Waals surface area contributed by atoms with E-state index in [1.807, 2.05) is 20.8 Å². The second-order valence-electron chi connectivity index (χ2n) is 7.32. The summed E-state index contributed by atoms with van der Waals surface area (Å²) in [7, 11) is 0. The van der Waals surface area contributed by atoms with Gasteiger partial charge in [-0.15, -0.1) is 6.42 Å². The van der Waals surface area contributed by atoms with Gasteiger partial charge in [-0.2, -0.15) is 0 Å². The van der Waals surface area contributed by atoms with E-state index in [0.717, 1.165) is 18.4 Å². The summed E-state index contributed by atoms with van der Waals surface area (Å²) in [6.07, 6.45) is 11.6. The number of amides is 1. The minimum absolute atomic E-state index is 0.0195. The molecule has 2 atom stereocenters. The highest BCUT2D eigenvalue weighted by molar-refractivity contribution is 5.98. The highest BCUT2D eigenvalue weighted by Gasteiger charge is 2.27. The van der Waals surface area contributed by atoms with Crippen molar-refractivity contribution in [2.24, 2.45) is 11.8 Å². The first-order valence-corrected chi connectivity index (χ1v) is 8.86. The summed E-state index contributed by atoms with van der Waals surface area (Å²) in [6.45, 7) is 13.8. The minimum atomic E-state index is -0.292. The monoisotopic (exact) mass is 341 g/mol. The van der Waals surface area contributed by atoms with Crippen molar-refractivity contribution in [2.75, 3.05) is 0 Å². The highest BCUT2D eigenvalue weighted by atomic mass is 16.3. The molecule has 25 heavy (non-hydrogen) atoms. The van der Waals surface area contributed by atoms with Gasteiger partial charge in [-0.25, -0.2) is 0 Å². The van der Waals surface area contributed by atoms with Crippen LogP contribution in [-0.2, 0) is 4.79 Å². The number of rotatable bonds is 6. The lowest BCUT2D eigenvalue weighted by Crippen LogP contribution is -2.32. The van der Waals surface area contributed by atoms with Crippen LogP contribution in [-0.4, -0.2) is 17.1 Å². The molecule has 2 unspecified atom stereocenters. The molecule has 0 saturated carbocycles. The van der Waals surface area contributed by atoms with Crippen molar-refractivity contribution < 1.29 is 9.90 Å². The van der Waals surface area contributed by atoms with Crippen LogP contribution in [0.25, 0.3) is 0 Å². The lowest BCUT2D eigenvalue weighted by molar-refractivity contribution is -0.117. The molecular weight excluding hydrogens is 310 g/mol. The Morgan fingerprint density at radius 1 is 1.52 bits per heavy atom. The van der Waals surface area contributed by atoms with E-state index in [-0.39, 0.29) is 29.2 Å². The van der Waals surface area contributed by atoms with E-state index in [2.05, 4.69) is 30.8 Å². The van der Waals surface area contributed by atoms with E-state index in [9.17, 15) is 9.90 Å². The van der Waals surface area contributed by atoms with Crippen LogP contribution in [0.3, 0.4) is 0 Å². The van der Waals surface area contributed by atoms with Crippen LogP contribution < -0.4 is 5.32 Å². The fraction of sp³-hybridized carbons (Fsp3) is 0.500. The maximum atomic E-state index is 12.6. The predicted molar refractivity (Wildman–Crippen MR) is 105 cm³/mol. The average Bonchev–Trinajstić information content (AvgIpc) is 2.46. The third kappa shape index (κ3) is 5.98. The topological polar surface area (TPSA) is 49.3 Å². The van der Waals surface area contributed by atoms with Gasteiger partial charge in [0.05, 0.1) is 5.57 Å². The number of allylic oxidation sites excluding steroid dienone is 5. The maximum Gasteiger partial charge on any atom is 0.255 e. The number of aliphatic hydroxyl groups excluding tert-OH is 1. The van der Waals surface area contributed by atoms with Crippen molar-refractivity contribution in [3.8, 4) is 12.3 Å². The number of aliphatic hydroxyl groups is 1. The minimum Gasteiger partial charge on any atom is -0.511 e. The standard InChI is InChI=1S/C22H31NO2/c1-8-9-17(7)21(22(25)23-15(4)5)20(24)13-18-12-16(6)10-11-19(18)14(2)3/h1,9,12,15,18-19,24H,2,10-11,13H2,3-7H3,(H,23,25)/b17-9-,21-20-. The zero-order chi connectivity index (χ0) is 19.1. The second-order valence-corrected chi connectivity index (χ2v) is 7.32. The lowest BCUT2D eigenvalue weighted by Gasteiger charge is -2.30. The van der Waals surface area contributed by atoms with Gasteiger partial charge < -0.3 is 10.4 Å². The molecule has 0 spiro atoms. The first-order chi connectivity index (χ1) is 11.7. The van der Waals surface area contributed by atoms with E-state index < -0.39 is 0 Å². The first-order valence-electron chi connectivity index (χ1n) is 8.86. The molecule has 1 amide bonds. The Hall–Kier alpha value is -2.21. The molecule has 0 aliphatic heterocycles. The van der Waals surface area contributed by atoms with Crippen molar-refractivity contribution in [3.05, 3.63) is 46.8 Å². The summed E-state index contributed by atoms with van der Waals surface area (Å²) in [4.78, 5) is 12.6. The molecule has 0 heterocycles. The van der Waals surface area contributed by atoms with Gasteiger partial charge in [0.25, 0.3) is 5.91 Å². The Kier molecular flexibility index (Phi) is 7.77. The predicted octanol–water partition coefficient (Wildman–Crippen LogP) is 4.84. The summed E-state index contributed by atoms with van der Waals surface area (Å²) in [6, 6.07) is -0.0195. The third-order valence-corrected chi connectivity index (χ3v) is 4.56. The molecule has 0 aromatic rings. The van der Waals surface area contributed by atoms with Crippen molar-refractivity contribution in [1.29, 1.82) is 0 Å². The van der Waals surface area contributed by atoms with Crippen LogP contribution in [0.1, 0.15) is 53.9 Å². The summed E-state index contributed by atoms with van der Waals surface area (Å²) in [5.74, 6) is 2.69. The van der Waals surface area contributed by atoms with Crippen molar-refractivity contribution in [1.82, 2.24) is 5.32 Å². The second kappa shape index (κ2) is 9.32. The molecule has 2 N–H and O–H groups in total. The van der Waals surface area contributed by atoms with Crippen LogP contribution >= 0.6 is 0 Å². The smallest absolute Gasteiger partial charge is 0.255 e. The molecule has 3 nitrogen and oxygen atoms in total. The third-order valence-electron chi connectivity index (χ3n) is 4.56. The lowest BCUT2D eigenvalue weighted by atomic mass is 9.75. The summed E-state index contributed by atoms with van der Waals surface area (Å²) in [5, 5.41) is 13.6. The zero-order valence-corrected chi connectivity index (χ0v) is 16.1. The zero-order valence-electron chi connectivity index (χ0n) is 16.1. The molecule has 0 radical (unpaired) electrons. The summed E-state index contributed by atoms with van der Waals surface area (Å²) in [5.41, 5.74) is 3.32. The van der Waals surface area contributed by atoms with Gasteiger partial charge in [0.15, 0.2) is 0 Å². The number of terminal acetylenes is 1. The molecule has 0 bridgehead atoms. The Morgan fingerprint density at radius 2 is 2.16 bits per heavy atom. The van der Waals surface area contributed by atoms with Crippen molar-refractivity contribution in [2.45, 2.75) is 59.9 Å². The Morgan fingerprint density at radius 3 is 2.68 bits per heavy atom. The maximum absolute atomic E-state index is 12.6. The average molecular weight is 341 g/mol. The van der Waals surface area contributed by atoms with Gasteiger partial charge in [0, 0.05) is 12.5 Å². The van der Waals surface area contributed by atoms with E-state index in [4.69, 9.17) is 6.42 Å². The molecule has 3 heteroatoms. The number of hydrogen-bond donors (Lipinski definition) is 2. The Bertz CT molecular complexity index is 656. The quantitative estimate of drug-likeness (QED) is 0.239. The van der Waals surface area contributed by atoms with Gasteiger partial charge >= 0.3 is 0 Å². The van der Waals surface area contributed by atoms with Gasteiger partial charge in [-0.1, -0.05) is 29.7 Å². The normalized spacial score (nSPS) is 22.0. The van der Waals surface area contributed by atoms with Crippen molar-refractivity contribution >= 4 is 5.91 Å². The van der Waals surface area contributed by atoms with E-state index in [1.165, 1.54) is 11.6 Å². The van der Waals surface area contributed by atoms with Crippen LogP contribution in [0.2, 0.25) is 0 Å². The van der Waals surface area contributed by atoms with Gasteiger partial charge in [-0.3, -0.25) is 4.79 Å². The van der Waals surface area contributed by atoms with Gasteiger partial charge in [-0.05, 0) is 70.9 Å². The number of hydrogen-bond acceptors (Lipinski definition) is 2. The molecule has 0 fully saturated rings. The van der Waals surface area contributed by atoms with Crippen molar-refractivity contribution in [3.63, 3.8) is 0 Å². The molecular formula is C22H31NO2. The fourth-order valence-electron chi connectivity index (χ4n) is 3.37. The van der Waals surface area contributed by atoms with Gasteiger partial charge in [0.2, 0.25) is 0 Å². The van der Waals surface area contributed by atoms with Crippen LogP contribution in [0.5, 0.6) is 0 Å². The first kappa shape index (κ1) is 20.8. The number of carbonyl (C=O) groups is 1. The molecule has 0 saturated heterocycles. The Balaban J connectivity index is 3.24. The number of nitrogens with one attached hydrogen (secondary N) is 1.